The first-order valence-electron chi connectivity index (χ1n) is 9.40. The van der Waals surface area contributed by atoms with Crippen LogP contribution in [-0.2, 0) is 6.42 Å². The van der Waals surface area contributed by atoms with Crippen molar-refractivity contribution in [1.82, 2.24) is 10.2 Å². The predicted octanol–water partition coefficient (Wildman–Crippen LogP) is 3.97. The van der Waals surface area contributed by atoms with Gasteiger partial charge in [0.1, 0.15) is 5.76 Å². The third-order valence-electron chi connectivity index (χ3n) is 5.05. The summed E-state index contributed by atoms with van der Waals surface area (Å²) < 4.78 is 5.85. The third kappa shape index (κ3) is 4.31. The van der Waals surface area contributed by atoms with Gasteiger partial charge >= 0.3 is 0 Å². The number of furan rings is 1. The molecule has 1 aromatic heterocycles. The summed E-state index contributed by atoms with van der Waals surface area (Å²) in [6.45, 7) is 7.96. The number of rotatable bonds is 6. The molecule has 0 atom stereocenters. The summed E-state index contributed by atoms with van der Waals surface area (Å²) in [6, 6.07) is 12.0. The highest BCUT2D eigenvalue weighted by atomic mass is 16.4. The van der Waals surface area contributed by atoms with Gasteiger partial charge in [0, 0.05) is 18.7 Å². The van der Waals surface area contributed by atoms with Crippen LogP contribution in [0.25, 0.3) is 11.3 Å². The molecule has 1 saturated heterocycles. The second-order valence-electron chi connectivity index (χ2n) is 6.76. The molecule has 25 heavy (non-hydrogen) atoms. The van der Waals surface area contributed by atoms with E-state index in [4.69, 9.17) is 4.42 Å². The molecule has 1 amide bonds. The standard InChI is InChI=1S/C21H28N2O2/c1-3-16-5-7-18(8-6-16)19-9-10-20(25-19)21(24)23-13-11-17(12-14-23)15-22-4-2/h5-10,17,22H,3-4,11-15H2,1-2H3. The average molecular weight is 340 g/mol. The van der Waals surface area contributed by atoms with Crippen LogP contribution in [0.2, 0.25) is 0 Å². The summed E-state index contributed by atoms with van der Waals surface area (Å²) in [4.78, 5) is 14.6. The summed E-state index contributed by atoms with van der Waals surface area (Å²) in [6.07, 6.45) is 3.14. The highest BCUT2D eigenvalue weighted by Crippen LogP contribution is 2.25. The second-order valence-corrected chi connectivity index (χ2v) is 6.76. The monoisotopic (exact) mass is 340 g/mol. The van der Waals surface area contributed by atoms with Gasteiger partial charge in [0.25, 0.3) is 5.91 Å². The maximum Gasteiger partial charge on any atom is 0.289 e. The number of carbonyl (C=O) groups is 1. The molecule has 0 saturated carbocycles. The fraction of sp³-hybridized carbons (Fsp3) is 0.476. The number of piperidine rings is 1. The highest BCUT2D eigenvalue weighted by Gasteiger charge is 2.25. The summed E-state index contributed by atoms with van der Waals surface area (Å²) >= 11 is 0. The molecule has 0 radical (unpaired) electrons. The number of carbonyl (C=O) groups excluding carboxylic acids is 1. The van der Waals surface area contributed by atoms with Crippen LogP contribution in [-0.4, -0.2) is 37.0 Å². The molecular formula is C21H28N2O2. The van der Waals surface area contributed by atoms with Gasteiger partial charge in [0.05, 0.1) is 0 Å². The van der Waals surface area contributed by atoms with Crippen molar-refractivity contribution in [2.45, 2.75) is 33.1 Å². The van der Waals surface area contributed by atoms with Gasteiger partial charge in [-0.2, -0.15) is 0 Å². The Hall–Kier alpha value is -2.07. The summed E-state index contributed by atoms with van der Waals surface area (Å²) in [5.41, 5.74) is 2.31. The lowest BCUT2D eigenvalue weighted by molar-refractivity contribution is 0.0659. The van der Waals surface area contributed by atoms with Gasteiger partial charge in [0.15, 0.2) is 5.76 Å². The molecule has 1 aliphatic heterocycles. The highest BCUT2D eigenvalue weighted by molar-refractivity contribution is 5.92. The lowest BCUT2D eigenvalue weighted by Crippen LogP contribution is -2.40. The van der Waals surface area contributed by atoms with Crippen LogP contribution in [0.3, 0.4) is 0 Å². The minimum Gasteiger partial charge on any atom is -0.451 e. The Kier molecular flexibility index (Phi) is 5.92. The molecule has 134 valence electrons. The van der Waals surface area contributed by atoms with Crippen LogP contribution in [0.1, 0.15) is 42.8 Å². The minimum absolute atomic E-state index is 0.0123. The van der Waals surface area contributed by atoms with Crippen LogP contribution in [0.4, 0.5) is 0 Å². The molecule has 1 aliphatic rings. The van der Waals surface area contributed by atoms with E-state index in [1.165, 1.54) is 5.56 Å². The molecule has 0 spiro atoms. The van der Waals surface area contributed by atoms with Crippen LogP contribution >= 0.6 is 0 Å². The molecular weight excluding hydrogens is 312 g/mol. The second kappa shape index (κ2) is 8.34. The maximum absolute atomic E-state index is 12.7. The number of likely N-dealkylation sites (tertiary alicyclic amines) is 1. The minimum atomic E-state index is 0.0123. The number of hydrogen-bond acceptors (Lipinski definition) is 3. The molecule has 4 nitrogen and oxygen atoms in total. The van der Waals surface area contributed by atoms with E-state index in [0.717, 1.165) is 56.8 Å². The smallest absolute Gasteiger partial charge is 0.289 e. The van der Waals surface area contributed by atoms with Gasteiger partial charge < -0.3 is 14.6 Å². The zero-order chi connectivity index (χ0) is 17.6. The van der Waals surface area contributed by atoms with E-state index in [1.54, 1.807) is 6.07 Å². The number of amides is 1. The van der Waals surface area contributed by atoms with Crippen LogP contribution in [0.5, 0.6) is 0 Å². The van der Waals surface area contributed by atoms with E-state index in [-0.39, 0.29) is 5.91 Å². The zero-order valence-electron chi connectivity index (χ0n) is 15.3. The predicted molar refractivity (Wildman–Crippen MR) is 101 cm³/mol. The Bertz CT molecular complexity index is 682. The van der Waals surface area contributed by atoms with Crippen molar-refractivity contribution in [3.8, 4) is 11.3 Å². The molecule has 1 N–H and O–H groups in total. The number of hydrogen-bond donors (Lipinski definition) is 1. The molecule has 1 fully saturated rings. The molecule has 2 aromatic rings. The number of nitrogens with zero attached hydrogens (tertiary/aromatic N) is 1. The van der Waals surface area contributed by atoms with E-state index >= 15 is 0 Å². The van der Waals surface area contributed by atoms with E-state index in [2.05, 4.69) is 43.4 Å². The molecule has 1 aromatic carbocycles. The van der Waals surface area contributed by atoms with Crippen LogP contribution in [0, 0.1) is 5.92 Å². The Balaban J connectivity index is 1.61. The van der Waals surface area contributed by atoms with Gasteiger partial charge in [-0.05, 0) is 56.0 Å². The first-order valence-corrected chi connectivity index (χ1v) is 9.40. The van der Waals surface area contributed by atoms with Crippen molar-refractivity contribution in [2.75, 3.05) is 26.2 Å². The van der Waals surface area contributed by atoms with Crippen molar-refractivity contribution in [3.63, 3.8) is 0 Å². The van der Waals surface area contributed by atoms with E-state index in [9.17, 15) is 4.79 Å². The van der Waals surface area contributed by atoms with Gasteiger partial charge in [-0.1, -0.05) is 38.1 Å². The molecule has 0 aliphatic carbocycles. The van der Waals surface area contributed by atoms with Crippen molar-refractivity contribution in [3.05, 3.63) is 47.7 Å². The Morgan fingerprint density at radius 3 is 2.48 bits per heavy atom. The van der Waals surface area contributed by atoms with Crippen molar-refractivity contribution in [2.24, 2.45) is 5.92 Å². The summed E-state index contributed by atoms with van der Waals surface area (Å²) in [7, 11) is 0. The summed E-state index contributed by atoms with van der Waals surface area (Å²) in [5.74, 6) is 1.89. The van der Waals surface area contributed by atoms with Gasteiger partial charge in [-0.3, -0.25) is 4.79 Å². The number of benzene rings is 1. The molecule has 0 unspecified atom stereocenters. The largest absolute Gasteiger partial charge is 0.451 e. The molecule has 2 heterocycles. The Morgan fingerprint density at radius 1 is 1.12 bits per heavy atom. The third-order valence-corrected chi connectivity index (χ3v) is 5.05. The SMILES string of the molecule is CCNCC1CCN(C(=O)c2ccc(-c3ccc(CC)cc3)o2)CC1. The first kappa shape index (κ1) is 17.7. The van der Waals surface area contributed by atoms with Gasteiger partial charge in [-0.25, -0.2) is 0 Å². The Morgan fingerprint density at radius 2 is 1.84 bits per heavy atom. The number of nitrogens with one attached hydrogen (secondary N) is 1. The summed E-state index contributed by atoms with van der Waals surface area (Å²) in [5, 5.41) is 3.40. The molecule has 3 rings (SSSR count). The van der Waals surface area contributed by atoms with Crippen molar-refractivity contribution in [1.29, 1.82) is 0 Å². The number of aryl methyl sites for hydroxylation is 1. The quantitative estimate of drug-likeness (QED) is 0.865. The van der Waals surface area contributed by atoms with Crippen LogP contribution < -0.4 is 5.32 Å². The van der Waals surface area contributed by atoms with E-state index in [0.29, 0.717) is 11.7 Å². The fourth-order valence-corrected chi connectivity index (χ4v) is 3.36. The lowest BCUT2D eigenvalue weighted by atomic mass is 9.96. The zero-order valence-corrected chi connectivity index (χ0v) is 15.3. The first-order chi connectivity index (χ1) is 12.2. The van der Waals surface area contributed by atoms with Gasteiger partial charge in [0.2, 0.25) is 0 Å². The van der Waals surface area contributed by atoms with Crippen LogP contribution in [0.15, 0.2) is 40.8 Å². The Labute approximate surface area is 150 Å². The van der Waals surface area contributed by atoms with Gasteiger partial charge in [-0.15, -0.1) is 0 Å². The van der Waals surface area contributed by atoms with Crippen molar-refractivity contribution < 1.29 is 9.21 Å². The normalized spacial score (nSPS) is 15.5. The van der Waals surface area contributed by atoms with E-state index in [1.807, 2.05) is 11.0 Å². The average Bonchev–Trinajstić information content (AvgIpc) is 3.16. The fourth-order valence-electron chi connectivity index (χ4n) is 3.36. The van der Waals surface area contributed by atoms with Crippen molar-refractivity contribution >= 4 is 5.91 Å². The van der Waals surface area contributed by atoms with E-state index < -0.39 is 0 Å². The topological polar surface area (TPSA) is 45.5 Å². The molecule has 0 bridgehead atoms. The maximum atomic E-state index is 12.7. The lowest BCUT2D eigenvalue weighted by Gasteiger charge is -2.31. The molecule has 4 heteroatoms.